The van der Waals surface area contributed by atoms with Gasteiger partial charge in [-0.15, -0.1) is 11.3 Å². The highest BCUT2D eigenvalue weighted by atomic mass is 79.9. The Labute approximate surface area is 171 Å². The lowest BCUT2D eigenvalue weighted by Crippen LogP contribution is -2.19. The maximum Gasteiger partial charge on any atom is 0.206 e. The molecule has 0 N–H and O–H groups in total. The van der Waals surface area contributed by atoms with E-state index in [4.69, 9.17) is 10.1 Å². The van der Waals surface area contributed by atoms with Crippen LogP contribution in [0.2, 0.25) is 0 Å². The lowest BCUT2D eigenvalue weighted by molar-refractivity contribution is 0.435. The summed E-state index contributed by atoms with van der Waals surface area (Å²) in [6.45, 7) is 0. The Morgan fingerprint density at radius 1 is 1.15 bits per heavy atom. The number of rotatable bonds is 4. The molecule has 0 radical (unpaired) electrons. The molecule has 0 aliphatic heterocycles. The highest BCUT2D eigenvalue weighted by Gasteiger charge is 2.14. The molecule has 138 valence electrons. The van der Waals surface area contributed by atoms with Crippen LogP contribution < -0.4 is 4.80 Å². The molecule has 0 bridgehead atoms. The van der Waals surface area contributed by atoms with E-state index >= 15 is 0 Å². The van der Waals surface area contributed by atoms with Crippen LogP contribution in [0.3, 0.4) is 0 Å². The first-order valence-electron chi connectivity index (χ1n) is 9.24. The minimum atomic E-state index is 0.410. The van der Waals surface area contributed by atoms with Crippen molar-refractivity contribution in [3.63, 3.8) is 0 Å². The van der Waals surface area contributed by atoms with Gasteiger partial charge in [0, 0.05) is 33.4 Å². The molecule has 1 aliphatic carbocycles. The van der Waals surface area contributed by atoms with E-state index in [9.17, 15) is 0 Å². The molecule has 3 aromatic rings. The van der Waals surface area contributed by atoms with Gasteiger partial charge in [-0.3, -0.25) is 9.98 Å². The number of benzene rings is 1. The zero-order valence-corrected chi connectivity index (χ0v) is 17.4. The Hall–Kier alpha value is -2.05. The summed E-state index contributed by atoms with van der Waals surface area (Å²) in [6.07, 6.45) is 11.7. The number of hydrogen-bond acceptors (Lipinski definition) is 4. The van der Waals surface area contributed by atoms with E-state index in [1.165, 1.54) is 32.1 Å². The maximum absolute atomic E-state index is 5.04. The minimum absolute atomic E-state index is 0.410. The van der Waals surface area contributed by atoms with Crippen molar-refractivity contribution < 1.29 is 0 Å². The largest absolute Gasteiger partial charge is 0.264 e. The third-order valence-electron chi connectivity index (χ3n) is 4.68. The Bertz CT molecular complexity index is 985. The quantitative estimate of drug-likeness (QED) is 0.494. The lowest BCUT2D eigenvalue weighted by Gasteiger charge is -2.16. The van der Waals surface area contributed by atoms with Crippen molar-refractivity contribution in [1.82, 2.24) is 9.66 Å². The van der Waals surface area contributed by atoms with Gasteiger partial charge in [0.15, 0.2) is 0 Å². The van der Waals surface area contributed by atoms with E-state index in [1.54, 1.807) is 17.5 Å². The average molecular weight is 441 g/mol. The van der Waals surface area contributed by atoms with Gasteiger partial charge in [-0.1, -0.05) is 53.4 Å². The van der Waals surface area contributed by atoms with E-state index in [0.29, 0.717) is 6.04 Å². The number of aromatic nitrogens is 2. The summed E-state index contributed by atoms with van der Waals surface area (Å²) in [7, 11) is 0. The fourth-order valence-corrected chi connectivity index (χ4v) is 4.60. The van der Waals surface area contributed by atoms with Crippen LogP contribution in [0.5, 0.6) is 0 Å². The molecule has 1 aliphatic rings. The van der Waals surface area contributed by atoms with Gasteiger partial charge in [0.05, 0.1) is 18.0 Å². The van der Waals surface area contributed by atoms with Gasteiger partial charge in [0.2, 0.25) is 4.80 Å². The third kappa shape index (κ3) is 4.62. The summed E-state index contributed by atoms with van der Waals surface area (Å²) in [5, 5.41) is 6.90. The van der Waals surface area contributed by atoms with Crippen molar-refractivity contribution in [2.24, 2.45) is 10.1 Å². The van der Waals surface area contributed by atoms with Crippen molar-refractivity contribution in [3.05, 3.63) is 69.0 Å². The molecule has 0 unspecified atom stereocenters. The van der Waals surface area contributed by atoms with Gasteiger partial charge in [0.25, 0.3) is 0 Å². The smallest absolute Gasteiger partial charge is 0.206 e. The Kier molecular flexibility index (Phi) is 5.94. The number of pyridine rings is 1. The monoisotopic (exact) mass is 440 g/mol. The molecule has 27 heavy (non-hydrogen) atoms. The van der Waals surface area contributed by atoms with Gasteiger partial charge in [0.1, 0.15) is 0 Å². The topological polar surface area (TPSA) is 42.5 Å². The normalized spacial score (nSPS) is 16.3. The zero-order chi connectivity index (χ0) is 18.5. The first-order valence-corrected chi connectivity index (χ1v) is 10.9. The van der Waals surface area contributed by atoms with Crippen LogP contribution in [-0.4, -0.2) is 21.9 Å². The molecule has 6 heteroatoms. The second-order valence-corrected chi connectivity index (χ2v) is 8.43. The summed E-state index contributed by atoms with van der Waals surface area (Å²) in [5.74, 6) is 0. The molecule has 0 saturated heterocycles. The molecule has 1 fully saturated rings. The SMILES string of the molecule is Brc1cccc(-c2csc(=NC3CCCCC3)n2N=Cc2cccnc2)c1. The fraction of sp³-hybridized carbons (Fsp3) is 0.286. The predicted octanol–water partition coefficient (Wildman–Crippen LogP) is 5.49. The molecule has 4 rings (SSSR count). The summed E-state index contributed by atoms with van der Waals surface area (Å²) in [5.41, 5.74) is 3.14. The molecule has 2 heterocycles. The van der Waals surface area contributed by atoms with Crippen LogP contribution in [0.25, 0.3) is 11.3 Å². The van der Waals surface area contributed by atoms with E-state index in [0.717, 1.165) is 26.1 Å². The van der Waals surface area contributed by atoms with Gasteiger partial charge in [-0.05, 0) is 31.0 Å². The van der Waals surface area contributed by atoms with Crippen LogP contribution in [0.4, 0.5) is 0 Å². The molecule has 4 nitrogen and oxygen atoms in total. The number of thiazole rings is 1. The predicted molar refractivity (Wildman–Crippen MR) is 115 cm³/mol. The van der Waals surface area contributed by atoms with Crippen molar-refractivity contribution in [2.75, 3.05) is 0 Å². The summed E-state index contributed by atoms with van der Waals surface area (Å²) in [4.78, 5) is 10.2. The Morgan fingerprint density at radius 3 is 2.81 bits per heavy atom. The van der Waals surface area contributed by atoms with Gasteiger partial charge < -0.3 is 0 Å². The standard InChI is InChI=1S/C21H21BrN4S/c22-18-8-4-7-17(12-18)20-15-27-21(25-19-9-2-1-3-10-19)26(20)24-14-16-6-5-11-23-13-16/h4-8,11-15,19H,1-3,9-10H2. The second-order valence-electron chi connectivity index (χ2n) is 6.68. The van der Waals surface area contributed by atoms with E-state index in [2.05, 4.69) is 38.4 Å². The Balaban J connectivity index is 1.77. The van der Waals surface area contributed by atoms with Crippen LogP contribution in [0.1, 0.15) is 37.7 Å². The van der Waals surface area contributed by atoms with Crippen molar-refractivity contribution in [2.45, 2.75) is 38.1 Å². The second kappa shape index (κ2) is 8.76. The van der Waals surface area contributed by atoms with E-state index in [-0.39, 0.29) is 0 Å². The highest BCUT2D eigenvalue weighted by molar-refractivity contribution is 9.10. The van der Waals surface area contributed by atoms with Crippen LogP contribution in [-0.2, 0) is 0 Å². The summed E-state index contributed by atoms with van der Waals surface area (Å²) in [6, 6.07) is 12.6. The first kappa shape index (κ1) is 18.3. The van der Waals surface area contributed by atoms with Gasteiger partial charge in [-0.2, -0.15) is 5.10 Å². The van der Waals surface area contributed by atoms with Crippen molar-refractivity contribution in [1.29, 1.82) is 0 Å². The first-order chi connectivity index (χ1) is 13.3. The van der Waals surface area contributed by atoms with Crippen LogP contribution >= 0.6 is 27.3 Å². The van der Waals surface area contributed by atoms with Crippen molar-refractivity contribution >= 4 is 33.5 Å². The summed E-state index contributed by atoms with van der Waals surface area (Å²) < 4.78 is 3.02. The highest BCUT2D eigenvalue weighted by Crippen LogP contribution is 2.24. The zero-order valence-electron chi connectivity index (χ0n) is 15.0. The van der Waals surface area contributed by atoms with E-state index < -0.39 is 0 Å². The maximum atomic E-state index is 5.04. The minimum Gasteiger partial charge on any atom is -0.264 e. The molecular formula is C21H21BrN4S. The fourth-order valence-electron chi connectivity index (χ4n) is 3.29. The molecular weight excluding hydrogens is 420 g/mol. The molecule has 0 amide bonds. The number of hydrogen-bond donors (Lipinski definition) is 0. The van der Waals surface area contributed by atoms with Gasteiger partial charge >= 0.3 is 0 Å². The third-order valence-corrected chi connectivity index (χ3v) is 6.00. The van der Waals surface area contributed by atoms with Crippen LogP contribution in [0, 0.1) is 0 Å². The van der Waals surface area contributed by atoms with Crippen LogP contribution in [0.15, 0.2) is 68.7 Å². The average Bonchev–Trinajstić information content (AvgIpc) is 3.10. The summed E-state index contributed by atoms with van der Waals surface area (Å²) >= 11 is 5.23. The lowest BCUT2D eigenvalue weighted by atomic mass is 9.96. The van der Waals surface area contributed by atoms with Crippen molar-refractivity contribution in [3.8, 4) is 11.3 Å². The van der Waals surface area contributed by atoms with Gasteiger partial charge in [-0.25, -0.2) is 4.68 Å². The molecule has 2 aromatic heterocycles. The Morgan fingerprint density at radius 2 is 2.04 bits per heavy atom. The molecule has 0 atom stereocenters. The number of nitrogens with zero attached hydrogens (tertiary/aromatic N) is 4. The molecule has 1 aromatic carbocycles. The molecule has 0 spiro atoms. The molecule has 1 saturated carbocycles. The number of halogens is 1. The van der Waals surface area contributed by atoms with E-state index in [1.807, 2.05) is 41.4 Å².